The van der Waals surface area contributed by atoms with Crippen molar-refractivity contribution in [2.45, 2.75) is 65.1 Å². The normalized spacial score (nSPS) is 27.5. The molecule has 1 N–H and O–H groups in total. The molecule has 1 saturated carbocycles. The number of halogens is 3. The van der Waals surface area contributed by atoms with Crippen molar-refractivity contribution in [2.75, 3.05) is 6.54 Å². The zero-order chi connectivity index (χ0) is 13.8. The summed E-state index contributed by atoms with van der Waals surface area (Å²) >= 11 is 0. The molecular formula is C14H26F3N. The molecule has 1 atom stereocenters. The fraction of sp³-hybridized carbons (Fsp3) is 1.00. The molecule has 0 aliphatic heterocycles. The van der Waals surface area contributed by atoms with E-state index in [4.69, 9.17) is 0 Å². The Balaban J connectivity index is 2.32. The van der Waals surface area contributed by atoms with Gasteiger partial charge in [-0.05, 0) is 43.4 Å². The van der Waals surface area contributed by atoms with Gasteiger partial charge in [-0.15, -0.1) is 0 Å². The van der Waals surface area contributed by atoms with Crippen molar-refractivity contribution >= 4 is 0 Å². The Morgan fingerprint density at radius 2 is 1.67 bits per heavy atom. The van der Waals surface area contributed by atoms with Crippen LogP contribution >= 0.6 is 0 Å². The third kappa shape index (κ3) is 5.17. The molecule has 1 nitrogen and oxygen atoms in total. The van der Waals surface area contributed by atoms with E-state index in [2.05, 4.69) is 26.1 Å². The Labute approximate surface area is 109 Å². The zero-order valence-corrected chi connectivity index (χ0v) is 11.7. The standard InChI is InChI=1S/C14H26F3N/c1-4-13(10(2)3)11-5-7-12(8-6-11)18-9-14(15,16)17/h10-13,18H,4-9H2,1-3H3/t11-,12-,13?. The number of rotatable bonds is 5. The van der Waals surface area contributed by atoms with Crippen LogP contribution in [0.4, 0.5) is 13.2 Å². The van der Waals surface area contributed by atoms with Gasteiger partial charge in [-0.1, -0.05) is 27.2 Å². The third-order valence-corrected chi connectivity index (χ3v) is 4.30. The molecule has 0 aromatic heterocycles. The van der Waals surface area contributed by atoms with Gasteiger partial charge >= 0.3 is 6.18 Å². The van der Waals surface area contributed by atoms with Crippen LogP contribution in [0.15, 0.2) is 0 Å². The Morgan fingerprint density at radius 3 is 2.06 bits per heavy atom. The van der Waals surface area contributed by atoms with Crippen LogP contribution in [0.25, 0.3) is 0 Å². The van der Waals surface area contributed by atoms with Crippen LogP contribution in [0.3, 0.4) is 0 Å². The van der Waals surface area contributed by atoms with Crippen molar-refractivity contribution in [3.8, 4) is 0 Å². The lowest BCUT2D eigenvalue weighted by molar-refractivity contribution is -0.126. The summed E-state index contributed by atoms with van der Waals surface area (Å²) in [5, 5.41) is 2.64. The van der Waals surface area contributed by atoms with Crippen molar-refractivity contribution in [1.29, 1.82) is 0 Å². The lowest BCUT2D eigenvalue weighted by Gasteiger charge is -2.36. The van der Waals surface area contributed by atoms with E-state index in [1.165, 1.54) is 6.42 Å². The number of hydrogen-bond donors (Lipinski definition) is 1. The van der Waals surface area contributed by atoms with Gasteiger partial charge in [0.2, 0.25) is 0 Å². The molecule has 0 amide bonds. The predicted octanol–water partition coefficient (Wildman–Crippen LogP) is 4.38. The van der Waals surface area contributed by atoms with E-state index in [1.54, 1.807) is 0 Å². The van der Waals surface area contributed by atoms with Gasteiger partial charge in [0.25, 0.3) is 0 Å². The van der Waals surface area contributed by atoms with Crippen molar-refractivity contribution in [1.82, 2.24) is 5.32 Å². The van der Waals surface area contributed by atoms with E-state index in [9.17, 15) is 13.2 Å². The van der Waals surface area contributed by atoms with E-state index in [1.807, 2.05) is 0 Å². The van der Waals surface area contributed by atoms with Crippen LogP contribution in [0, 0.1) is 17.8 Å². The summed E-state index contributed by atoms with van der Waals surface area (Å²) in [7, 11) is 0. The van der Waals surface area contributed by atoms with Gasteiger partial charge in [0.15, 0.2) is 0 Å². The molecule has 18 heavy (non-hydrogen) atoms. The van der Waals surface area contributed by atoms with Crippen LogP contribution in [0.2, 0.25) is 0 Å². The van der Waals surface area contributed by atoms with Crippen LogP contribution in [-0.2, 0) is 0 Å². The molecule has 0 radical (unpaired) electrons. The first kappa shape index (κ1) is 15.8. The Kier molecular flexibility index (Phi) is 5.96. The van der Waals surface area contributed by atoms with Crippen LogP contribution < -0.4 is 5.32 Å². The quantitative estimate of drug-likeness (QED) is 0.778. The predicted molar refractivity (Wildman–Crippen MR) is 68.4 cm³/mol. The van der Waals surface area contributed by atoms with Gasteiger partial charge in [-0.3, -0.25) is 0 Å². The first-order valence-electron chi connectivity index (χ1n) is 7.13. The summed E-state index contributed by atoms with van der Waals surface area (Å²) in [5.74, 6) is 2.12. The average molecular weight is 265 g/mol. The number of alkyl halides is 3. The number of nitrogens with one attached hydrogen (secondary N) is 1. The van der Waals surface area contributed by atoms with Gasteiger partial charge in [0.1, 0.15) is 0 Å². The molecule has 1 aliphatic rings. The third-order valence-electron chi connectivity index (χ3n) is 4.30. The second-order valence-corrected chi connectivity index (χ2v) is 5.92. The van der Waals surface area contributed by atoms with Crippen molar-refractivity contribution < 1.29 is 13.2 Å². The summed E-state index contributed by atoms with van der Waals surface area (Å²) in [4.78, 5) is 0. The van der Waals surface area contributed by atoms with Gasteiger partial charge in [0.05, 0.1) is 6.54 Å². The molecule has 1 rings (SSSR count). The first-order valence-corrected chi connectivity index (χ1v) is 7.13. The maximum Gasteiger partial charge on any atom is 0.401 e. The summed E-state index contributed by atoms with van der Waals surface area (Å²) < 4.78 is 36.3. The molecule has 0 saturated heterocycles. The second-order valence-electron chi connectivity index (χ2n) is 5.92. The monoisotopic (exact) mass is 265 g/mol. The Bertz CT molecular complexity index is 230. The lowest BCUT2D eigenvalue weighted by Crippen LogP contribution is -2.40. The van der Waals surface area contributed by atoms with Gasteiger partial charge in [-0.2, -0.15) is 13.2 Å². The van der Waals surface area contributed by atoms with Gasteiger partial charge in [0, 0.05) is 6.04 Å². The summed E-state index contributed by atoms with van der Waals surface area (Å²) in [6.07, 6.45) is 1.04. The first-order chi connectivity index (χ1) is 8.33. The lowest BCUT2D eigenvalue weighted by atomic mass is 9.73. The highest BCUT2D eigenvalue weighted by molar-refractivity contribution is 4.82. The van der Waals surface area contributed by atoms with Crippen molar-refractivity contribution in [3.05, 3.63) is 0 Å². The Morgan fingerprint density at radius 1 is 1.11 bits per heavy atom. The highest BCUT2D eigenvalue weighted by Crippen LogP contribution is 2.35. The van der Waals surface area contributed by atoms with Crippen molar-refractivity contribution in [2.24, 2.45) is 17.8 Å². The molecule has 4 heteroatoms. The zero-order valence-electron chi connectivity index (χ0n) is 11.7. The largest absolute Gasteiger partial charge is 0.401 e. The summed E-state index contributed by atoms with van der Waals surface area (Å²) in [6.45, 7) is 5.88. The smallest absolute Gasteiger partial charge is 0.306 e. The molecule has 0 bridgehead atoms. The summed E-state index contributed by atoms with van der Waals surface area (Å²) in [5.41, 5.74) is 0. The van der Waals surface area contributed by atoms with E-state index in [0.717, 1.165) is 31.6 Å². The molecule has 108 valence electrons. The van der Waals surface area contributed by atoms with E-state index >= 15 is 0 Å². The van der Waals surface area contributed by atoms with Crippen LogP contribution in [0.1, 0.15) is 52.9 Å². The molecule has 1 aliphatic carbocycles. The van der Waals surface area contributed by atoms with E-state index < -0.39 is 12.7 Å². The van der Waals surface area contributed by atoms with Crippen molar-refractivity contribution in [3.63, 3.8) is 0 Å². The summed E-state index contributed by atoms with van der Waals surface area (Å²) in [6, 6.07) is 0.0625. The second kappa shape index (κ2) is 6.78. The fourth-order valence-corrected chi connectivity index (χ4v) is 3.36. The van der Waals surface area contributed by atoms with Gasteiger partial charge in [-0.25, -0.2) is 0 Å². The fourth-order valence-electron chi connectivity index (χ4n) is 3.36. The van der Waals surface area contributed by atoms with Gasteiger partial charge < -0.3 is 5.32 Å². The minimum atomic E-state index is -4.08. The van der Waals surface area contributed by atoms with E-state index in [0.29, 0.717) is 11.8 Å². The molecule has 1 unspecified atom stereocenters. The maximum atomic E-state index is 12.1. The highest BCUT2D eigenvalue weighted by atomic mass is 19.4. The Hall–Kier alpha value is -0.250. The maximum absolute atomic E-state index is 12.1. The topological polar surface area (TPSA) is 12.0 Å². The van der Waals surface area contributed by atoms with Crippen LogP contribution in [-0.4, -0.2) is 18.8 Å². The molecule has 0 aromatic carbocycles. The SMILES string of the molecule is CCC(C(C)C)[C@H]1CC[C@H](NCC(F)(F)F)CC1. The van der Waals surface area contributed by atoms with E-state index in [-0.39, 0.29) is 6.04 Å². The molecule has 0 aromatic rings. The molecular weight excluding hydrogens is 239 g/mol. The van der Waals surface area contributed by atoms with Crippen LogP contribution in [0.5, 0.6) is 0 Å². The average Bonchev–Trinajstić information content (AvgIpc) is 2.27. The number of hydrogen-bond acceptors (Lipinski definition) is 1. The minimum Gasteiger partial charge on any atom is -0.306 e. The molecule has 0 spiro atoms. The molecule has 0 heterocycles. The molecule has 1 fully saturated rings. The highest BCUT2D eigenvalue weighted by Gasteiger charge is 2.31. The minimum absolute atomic E-state index is 0.0625.